The molecule has 1 aliphatic rings. The number of pyridine rings is 1. The van der Waals surface area contributed by atoms with Crippen LogP contribution in [-0.4, -0.2) is 53.1 Å². The summed E-state index contributed by atoms with van der Waals surface area (Å²) in [6, 6.07) is 12.5. The number of nitrogens with zero attached hydrogens (tertiary/aromatic N) is 3. The lowest BCUT2D eigenvalue weighted by Crippen LogP contribution is -2.35. The first-order chi connectivity index (χ1) is 12.0. The van der Waals surface area contributed by atoms with E-state index in [1.807, 2.05) is 19.2 Å². The van der Waals surface area contributed by atoms with Crippen LogP contribution in [0.2, 0.25) is 0 Å². The molecule has 25 heavy (non-hydrogen) atoms. The van der Waals surface area contributed by atoms with E-state index in [0.29, 0.717) is 5.88 Å². The molecule has 2 aromatic rings. The van der Waals surface area contributed by atoms with Crippen molar-refractivity contribution in [3.8, 4) is 5.88 Å². The van der Waals surface area contributed by atoms with Crippen molar-refractivity contribution in [2.75, 3.05) is 27.2 Å². The Bertz CT molecular complexity index is 741. The molecule has 0 bridgehead atoms. The molecule has 1 unspecified atom stereocenters. The first-order valence-corrected chi connectivity index (χ1v) is 9.53. The van der Waals surface area contributed by atoms with Crippen LogP contribution in [0.15, 0.2) is 47.1 Å². The van der Waals surface area contributed by atoms with Crippen molar-refractivity contribution in [1.29, 1.82) is 0 Å². The van der Waals surface area contributed by atoms with Crippen LogP contribution in [0.1, 0.15) is 17.5 Å². The van der Waals surface area contributed by atoms with Crippen LogP contribution in [0.5, 0.6) is 5.88 Å². The molecule has 0 saturated heterocycles. The maximum Gasteiger partial charge on any atom is 0.224 e. The molecule has 0 radical (unpaired) electrons. The van der Waals surface area contributed by atoms with Crippen LogP contribution in [0, 0.1) is 0 Å². The number of hydrogen-bond acceptors (Lipinski definition) is 4. The second-order valence-electron chi connectivity index (χ2n) is 6.44. The number of halogens is 1. The molecular weight excluding hydrogens is 398 g/mol. The highest BCUT2D eigenvalue weighted by Gasteiger charge is 2.25. The Kier molecular flexibility index (Phi) is 6.04. The van der Waals surface area contributed by atoms with Crippen molar-refractivity contribution in [3.05, 3.63) is 58.2 Å². The molecule has 1 aliphatic heterocycles. The van der Waals surface area contributed by atoms with E-state index in [1.165, 1.54) is 5.56 Å². The van der Waals surface area contributed by atoms with Crippen LogP contribution in [0.3, 0.4) is 0 Å². The lowest BCUT2D eigenvalue weighted by atomic mass is 10.2. The summed E-state index contributed by atoms with van der Waals surface area (Å²) in [5.41, 5.74) is 2.20. The van der Waals surface area contributed by atoms with Gasteiger partial charge in [-0.2, -0.15) is 0 Å². The van der Waals surface area contributed by atoms with Crippen LogP contribution >= 0.6 is 28.1 Å². The molecule has 6 heteroatoms. The summed E-state index contributed by atoms with van der Waals surface area (Å²) < 4.78 is 7.07. The fourth-order valence-corrected chi connectivity index (χ4v) is 3.50. The van der Waals surface area contributed by atoms with E-state index in [2.05, 4.69) is 62.0 Å². The summed E-state index contributed by atoms with van der Waals surface area (Å²) in [5, 5.41) is 0. The van der Waals surface area contributed by atoms with Gasteiger partial charge in [-0.3, -0.25) is 0 Å². The molecule has 4 nitrogen and oxygen atoms in total. The first-order valence-electron chi connectivity index (χ1n) is 8.33. The monoisotopic (exact) mass is 419 g/mol. The van der Waals surface area contributed by atoms with Crippen molar-refractivity contribution in [2.45, 2.75) is 19.1 Å². The van der Waals surface area contributed by atoms with Gasteiger partial charge in [0.05, 0.1) is 12.1 Å². The number of likely N-dealkylation sites (N-methyl/N-ethyl adjacent to an activating group) is 1. The zero-order valence-electron chi connectivity index (χ0n) is 14.5. The second kappa shape index (κ2) is 8.25. The number of aromatic nitrogens is 1. The molecule has 0 aliphatic carbocycles. The quantitative estimate of drug-likeness (QED) is 0.688. The maximum absolute atomic E-state index is 6.17. The average molecular weight is 420 g/mol. The Hall–Kier alpha value is -1.50. The van der Waals surface area contributed by atoms with Crippen LogP contribution in [0.25, 0.3) is 0 Å². The van der Waals surface area contributed by atoms with Crippen molar-refractivity contribution < 1.29 is 4.74 Å². The number of benzene rings is 1. The molecule has 3 rings (SSSR count). The molecule has 2 heterocycles. The van der Waals surface area contributed by atoms with Crippen LogP contribution in [0.4, 0.5) is 0 Å². The summed E-state index contributed by atoms with van der Waals surface area (Å²) in [4.78, 5) is 9.59. The van der Waals surface area contributed by atoms with E-state index in [1.54, 1.807) is 6.20 Å². The molecule has 1 aromatic heterocycles. The van der Waals surface area contributed by atoms with Gasteiger partial charge in [0, 0.05) is 30.8 Å². The van der Waals surface area contributed by atoms with Crippen molar-refractivity contribution in [1.82, 2.24) is 14.8 Å². The Morgan fingerprint density at radius 1 is 1.36 bits per heavy atom. The highest BCUT2D eigenvalue weighted by atomic mass is 79.9. The molecule has 1 aromatic carbocycles. The SMILES string of the molecule is CN(CCC1CN(C)C(=S)c2cc(Br)cnc2O1)Cc1ccccc1. The van der Waals surface area contributed by atoms with Gasteiger partial charge in [-0.25, -0.2) is 4.98 Å². The van der Waals surface area contributed by atoms with Gasteiger partial charge in [-0.15, -0.1) is 0 Å². The highest BCUT2D eigenvalue weighted by molar-refractivity contribution is 9.10. The summed E-state index contributed by atoms with van der Waals surface area (Å²) in [7, 11) is 4.16. The minimum absolute atomic E-state index is 0.0658. The molecule has 0 saturated carbocycles. The van der Waals surface area contributed by atoms with E-state index < -0.39 is 0 Å². The van der Waals surface area contributed by atoms with E-state index in [9.17, 15) is 0 Å². The van der Waals surface area contributed by atoms with E-state index >= 15 is 0 Å². The second-order valence-corrected chi connectivity index (χ2v) is 7.75. The molecule has 0 amide bonds. The van der Waals surface area contributed by atoms with Gasteiger partial charge in [0.2, 0.25) is 5.88 Å². The van der Waals surface area contributed by atoms with E-state index in [-0.39, 0.29) is 6.10 Å². The third-order valence-electron chi connectivity index (χ3n) is 4.28. The van der Waals surface area contributed by atoms with Gasteiger partial charge in [-0.05, 0) is 41.0 Å². The van der Waals surface area contributed by atoms with Gasteiger partial charge in [0.1, 0.15) is 11.1 Å². The molecule has 0 N–H and O–H groups in total. The number of rotatable bonds is 5. The summed E-state index contributed by atoms with van der Waals surface area (Å²) in [6.45, 7) is 2.65. The minimum Gasteiger partial charge on any atom is -0.472 e. The van der Waals surface area contributed by atoms with Crippen LogP contribution < -0.4 is 4.74 Å². The Labute approximate surface area is 162 Å². The largest absolute Gasteiger partial charge is 0.472 e. The Morgan fingerprint density at radius 3 is 2.88 bits per heavy atom. The Balaban J connectivity index is 1.63. The molecule has 1 atom stereocenters. The van der Waals surface area contributed by atoms with Gasteiger partial charge >= 0.3 is 0 Å². The predicted molar refractivity (Wildman–Crippen MR) is 108 cm³/mol. The predicted octanol–water partition coefficient (Wildman–Crippen LogP) is 3.73. The molecule has 132 valence electrons. The first kappa shape index (κ1) is 18.3. The normalized spacial score (nSPS) is 17.2. The molecule has 0 fully saturated rings. The topological polar surface area (TPSA) is 28.6 Å². The van der Waals surface area contributed by atoms with Crippen molar-refractivity contribution >= 4 is 33.1 Å². The van der Waals surface area contributed by atoms with Crippen molar-refractivity contribution in [3.63, 3.8) is 0 Å². The van der Waals surface area contributed by atoms with Crippen molar-refractivity contribution in [2.24, 2.45) is 0 Å². The highest BCUT2D eigenvalue weighted by Crippen LogP contribution is 2.26. The van der Waals surface area contributed by atoms with Gasteiger partial charge in [-0.1, -0.05) is 42.5 Å². The number of hydrogen-bond donors (Lipinski definition) is 0. The van der Waals surface area contributed by atoms with Gasteiger partial charge in [0.15, 0.2) is 0 Å². The number of fused-ring (bicyclic) bond motifs is 1. The fraction of sp³-hybridized carbons (Fsp3) is 0.368. The number of ether oxygens (including phenoxy) is 1. The maximum atomic E-state index is 6.17. The number of thiocarbonyl (C=S) groups is 1. The standard InChI is InChI=1S/C19H22BrN3OS/c1-22(12-14-6-4-3-5-7-14)9-8-16-13-23(2)19(25)17-10-15(20)11-21-18(17)24-16/h3-7,10-11,16H,8-9,12-13H2,1-2H3. The fourth-order valence-electron chi connectivity index (χ4n) is 2.95. The molecular formula is C19H22BrN3OS. The summed E-state index contributed by atoms with van der Waals surface area (Å²) in [6.07, 6.45) is 2.75. The van der Waals surface area contributed by atoms with Gasteiger partial charge < -0.3 is 14.5 Å². The zero-order valence-corrected chi connectivity index (χ0v) is 16.9. The van der Waals surface area contributed by atoms with Crippen LogP contribution in [-0.2, 0) is 6.54 Å². The van der Waals surface area contributed by atoms with E-state index in [0.717, 1.165) is 41.1 Å². The lowest BCUT2D eigenvalue weighted by Gasteiger charge is -2.24. The minimum atomic E-state index is 0.0658. The lowest BCUT2D eigenvalue weighted by molar-refractivity contribution is 0.148. The molecule has 0 spiro atoms. The smallest absolute Gasteiger partial charge is 0.224 e. The third kappa shape index (κ3) is 4.77. The van der Waals surface area contributed by atoms with Gasteiger partial charge in [0.25, 0.3) is 0 Å². The average Bonchev–Trinajstić information content (AvgIpc) is 2.72. The van der Waals surface area contributed by atoms with E-state index in [4.69, 9.17) is 17.0 Å². The zero-order chi connectivity index (χ0) is 17.8. The third-order valence-corrected chi connectivity index (χ3v) is 5.24. The summed E-state index contributed by atoms with van der Waals surface area (Å²) in [5.74, 6) is 0.633. The Morgan fingerprint density at radius 2 is 2.12 bits per heavy atom. The summed E-state index contributed by atoms with van der Waals surface area (Å²) >= 11 is 9.04.